The molecule has 3 rings (SSSR count). The predicted octanol–water partition coefficient (Wildman–Crippen LogP) is 2.88. The van der Waals surface area contributed by atoms with Gasteiger partial charge in [-0.3, -0.25) is 9.20 Å². The first-order valence-corrected chi connectivity index (χ1v) is 7.60. The Morgan fingerprint density at radius 3 is 2.67 bits per heavy atom. The Bertz CT molecular complexity index is 998. The second-order valence-corrected chi connectivity index (χ2v) is 5.76. The van der Waals surface area contributed by atoms with Crippen molar-refractivity contribution < 1.29 is 13.9 Å². The summed E-state index contributed by atoms with van der Waals surface area (Å²) in [6.07, 6.45) is 1.66. The van der Waals surface area contributed by atoms with Crippen LogP contribution in [0.15, 0.2) is 33.6 Å². The molecule has 0 saturated carbocycles. The Labute approximate surface area is 138 Å². The van der Waals surface area contributed by atoms with Crippen molar-refractivity contribution in [3.63, 3.8) is 0 Å². The van der Waals surface area contributed by atoms with Crippen LogP contribution < -0.4 is 5.56 Å². The minimum Gasteiger partial charge on any atom is -0.465 e. The number of carbonyl (C=O) groups is 1. The molecule has 0 N–H and O–H groups in total. The Morgan fingerprint density at radius 1 is 1.25 bits per heavy atom. The van der Waals surface area contributed by atoms with Crippen LogP contribution in [0.4, 0.5) is 0 Å². The van der Waals surface area contributed by atoms with Gasteiger partial charge in [0.2, 0.25) is 0 Å². The average molecular weight is 326 g/mol. The van der Waals surface area contributed by atoms with Gasteiger partial charge in [-0.15, -0.1) is 0 Å². The van der Waals surface area contributed by atoms with Gasteiger partial charge in [0.15, 0.2) is 0 Å². The van der Waals surface area contributed by atoms with E-state index in [1.807, 2.05) is 19.9 Å². The second-order valence-electron chi connectivity index (χ2n) is 5.76. The first-order chi connectivity index (χ1) is 11.4. The molecule has 0 atom stereocenters. The highest BCUT2D eigenvalue weighted by atomic mass is 16.5. The van der Waals surface area contributed by atoms with Gasteiger partial charge >= 0.3 is 5.97 Å². The maximum absolute atomic E-state index is 12.3. The highest BCUT2D eigenvalue weighted by Crippen LogP contribution is 2.21. The molecule has 0 aliphatic rings. The third-order valence-electron chi connectivity index (χ3n) is 4.06. The molecule has 0 unspecified atom stereocenters. The van der Waals surface area contributed by atoms with Crippen LogP contribution >= 0.6 is 0 Å². The lowest BCUT2D eigenvalue weighted by atomic mass is 10.1. The largest absolute Gasteiger partial charge is 0.465 e. The number of hydrogen-bond donors (Lipinski definition) is 0. The first kappa shape index (κ1) is 16.0. The molecule has 124 valence electrons. The number of carbonyl (C=O) groups excluding carboxylic acids is 1. The van der Waals surface area contributed by atoms with E-state index >= 15 is 0 Å². The zero-order valence-corrected chi connectivity index (χ0v) is 14.0. The van der Waals surface area contributed by atoms with Crippen LogP contribution in [0.1, 0.15) is 38.7 Å². The summed E-state index contributed by atoms with van der Waals surface area (Å²) < 4.78 is 12.2. The van der Waals surface area contributed by atoms with Crippen molar-refractivity contribution >= 4 is 11.6 Å². The number of pyridine rings is 1. The smallest absolute Gasteiger partial charge is 0.342 e. The molecular formula is C18H18N2O4. The number of ether oxygens (including phenoxy) is 1. The molecule has 0 fully saturated rings. The SMILES string of the molecule is Cc1oc(C)c(C(=O)OCc2cc(=O)n3cccc(C)c3n2)c1C. The van der Waals surface area contributed by atoms with Crippen LogP contribution in [0.3, 0.4) is 0 Å². The van der Waals surface area contributed by atoms with Crippen molar-refractivity contribution in [3.8, 4) is 0 Å². The van der Waals surface area contributed by atoms with E-state index in [0.717, 1.165) is 11.1 Å². The van der Waals surface area contributed by atoms with Crippen LogP contribution in [-0.4, -0.2) is 15.4 Å². The highest BCUT2D eigenvalue weighted by Gasteiger charge is 2.20. The summed E-state index contributed by atoms with van der Waals surface area (Å²) in [5, 5.41) is 0. The first-order valence-electron chi connectivity index (χ1n) is 7.60. The summed E-state index contributed by atoms with van der Waals surface area (Å²) in [6, 6.07) is 5.04. The predicted molar refractivity (Wildman–Crippen MR) is 88.2 cm³/mol. The van der Waals surface area contributed by atoms with E-state index in [2.05, 4.69) is 4.98 Å². The number of esters is 1. The van der Waals surface area contributed by atoms with Gasteiger partial charge in [0.25, 0.3) is 5.56 Å². The Hall–Kier alpha value is -2.89. The third kappa shape index (κ3) is 2.71. The quantitative estimate of drug-likeness (QED) is 0.692. The number of aryl methyl sites for hydroxylation is 3. The third-order valence-corrected chi connectivity index (χ3v) is 4.06. The summed E-state index contributed by atoms with van der Waals surface area (Å²) in [6.45, 7) is 7.14. The molecule has 6 nitrogen and oxygen atoms in total. The number of fused-ring (bicyclic) bond motifs is 1. The van der Waals surface area contributed by atoms with Gasteiger partial charge in [0.05, 0.1) is 5.69 Å². The van der Waals surface area contributed by atoms with E-state index in [1.165, 1.54) is 10.5 Å². The van der Waals surface area contributed by atoms with Crippen LogP contribution in [0.5, 0.6) is 0 Å². The summed E-state index contributed by atoms with van der Waals surface area (Å²) >= 11 is 0. The number of hydrogen-bond acceptors (Lipinski definition) is 5. The molecule has 0 bridgehead atoms. The fourth-order valence-electron chi connectivity index (χ4n) is 2.69. The summed E-state index contributed by atoms with van der Waals surface area (Å²) in [5.74, 6) is 0.739. The fraction of sp³-hybridized carbons (Fsp3) is 0.278. The Morgan fingerprint density at radius 2 is 2.00 bits per heavy atom. The van der Waals surface area contributed by atoms with Gasteiger partial charge in [-0.2, -0.15) is 0 Å². The number of rotatable bonds is 3. The molecule has 0 spiro atoms. The zero-order chi connectivity index (χ0) is 17.4. The second kappa shape index (κ2) is 5.96. The van der Waals surface area contributed by atoms with E-state index in [4.69, 9.17) is 9.15 Å². The standard InChI is InChI=1S/C18H18N2O4/c1-10-6-5-7-20-15(21)8-14(19-17(10)20)9-23-18(22)16-11(2)12(3)24-13(16)4/h5-8H,9H2,1-4H3. The molecule has 0 amide bonds. The van der Waals surface area contributed by atoms with Crippen molar-refractivity contribution in [3.05, 3.63) is 68.7 Å². The molecule has 0 aromatic carbocycles. The van der Waals surface area contributed by atoms with Crippen molar-refractivity contribution in [2.24, 2.45) is 0 Å². The van der Waals surface area contributed by atoms with E-state index in [9.17, 15) is 9.59 Å². The molecule has 3 heterocycles. The van der Waals surface area contributed by atoms with E-state index in [-0.39, 0.29) is 12.2 Å². The van der Waals surface area contributed by atoms with Gasteiger partial charge in [-0.1, -0.05) is 6.07 Å². The summed E-state index contributed by atoms with van der Waals surface area (Å²) in [5.41, 5.74) is 2.84. The summed E-state index contributed by atoms with van der Waals surface area (Å²) in [7, 11) is 0. The van der Waals surface area contributed by atoms with Gasteiger partial charge in [0, 0.05) is 17.8 Å². The molecule has 0 saturated heterocycles. The summed E-state index contributed by atoms with van der Waals surface area (Å²) in [4.78, 5) is 28.9. The minimum absolute atomic E-state index is 0.0674. The maximum atomic E-state index is 12.3. The molecule has 6 heteroatoms. The monoisotopic (exact) mass is 326 g/mol. The van der Waals surface area contributed by atoms with E-state index in [1.54, 1.807) is 26.1 Å². The molecular weight excluding hydrogens is 308 g/mol. The van der Waals surface area contributed by atoms with Crippen molar-refractivity contribution in [1.82, 2.24) is 9.38 Å². The lowest BCUT2D eigenvalue weighted by molar-refractivity contribution is 0.0465. The Balaban J connectivity index is 1.87. The minimum atomic E-state index is -0.478. The fourth-order valence-corrected chi connectivity index (χ4v) is 2.69. The van der Waals surface area contributed by atoms with Gasteiger partial charge < -0.3 is 9.15 Å². The molecule has 3 aromatic rings. The number of furan rings is 1. The molecule has 0 aliphatic carbocycles. The van der Waals surface area contributed by atoms with Crippen molar-refractivity contribution in [2.45, 2.75) is 34.3 Å². The molecule has 0 radical (unpaired) electrons. The van der Waals surface area contributed by atoms with Gasteiger partial charge in [0.1, 0.15) is 29.3 Å². The molecule has 0 aliphatic heterocycles. The van der Waals surface area contributed by atoms with E-state index < -0.39 is 5.97 Å². The van der Waals surface area contributed by atoms with Crippen LogP contribution in [0.25, 0.3) is 5.65 Å². The Kier molecular flexibility index (Phi) is 3.97. The highest BCUT2D eigenvalue weighted by molar-refractivity contribution is 5.92. The average Bonchev–Trinajstić information content (AvgIpc) is 2.79. The van der Waals surface area contributed by atoms with Crippen molar-refractivity contribution in [2.75, 3.05) is 0 Å². The molecule has 3 aromatic heterocycles. The number of aromatic nitrogens is 2. The van der Waals surface area contributed by atoms with Crippen LogP contribution in [-0.2, 0) is 11.3 Å². The lowest BCUT2D eigenvalue weighted by Crippen LogP contribution is -2.17. The maximum Gasteiger partial charge on any atom is 0.342 e. The van der Waals surface area contributed by atoms with Crippen molar-refractivity contribution in [1.29, 1.82) is 0 Å². The number of nitrogens with zero attached hydrogens (tertiary/aromatic N) is 2. The van der Waals surface area contributed by atoms with Gasteiger partial charge in [-0.05, 0) is 39.3 Å². The van der Waals surface area contributed by atoms with Crippen LogP contribution in [0, 0.1) is 27.7 Å². The van der Waals surface area contributed by atoms with E-state index in [0.29, 0.717) is 28.4 Å². The lowest BCUT2D eigenvalue weighted by Gasteiger charge is -2.07. The van der Waals surface area contributed by atoms with Crippen LogP contribution in [0.2, 0.25) is 0 Å². The normalized spacial score (nSPS) is 11.0. The molecule has 24 heavy (non-hydrogen) atoms. The zero-order valence-electron chi connectivity index (χ0n) is 14.0. The van der Waals surface area contributed by atoms with Gasteiger partial charge in [-0.25, -0.2) is 9.78 Å². The topological polar surface area (TPSA) is 73.8 Å².